The summed E-state index contributed by atoms with van der Waals surface area (Å²) in [5.74, 6) is 0. The van der Waals surface area contributed by atoms with E-state index in [4.69, 9.17) is 17.3 Å². The monoisotopic (exact) mass is 246 g/mol. The lowest BCUT2D eigenvalue weighted by molar-refractivity contribution is 0.759. The Morgan fingerprint density at radius 2 is 2.20 bits per heavy atom. The van der Waals surface area contributed by atoms with Crippen LogP contribution in [-0.4, -0.2) is 19.6 Å². The van der Waals surface area contributed by atoms with E-state index in [9.17, 15) is 0 Å². The SMILES string of the molecule is Cl.NCCCN1CCc2ccc(Cl)cc21. The molecule has 0 aliphatic carbocycles. The molecular weight excluding hydrogens is 231 g/mol. The molecule has 15 heavy (non-hydrogen) atoms. The van der Waals surface area contributed by atoms with Crippen molar-refractivity contribution in [3.05, 3.63) is 28.8 Å². The van der Waals surface area contributed by atoms with Crippen LogP contribution in [0.5, 0.6) is 0 Å². The molecule has 4 heteroatoms. The molecule has 0 fully saturated rings. The summed E-state index contributed by atoms with van der Waals surface area (Å²) >= 11 is 5.97. The average Bonchev–Trinajstić information content (AvgIpc) is 2.57. The van der Waals surface area contributed by atoms with Crippen molar-refractivity contribution in [1.29, 1.82) is 0 Å². The van der Waals surface area contributed by atoms with E-state index >= 15 is 0 Å². The molecule has 0 unspecified atom stereocenters. The van der Waals surface area contributed by atoms with Crippen molar-refractivity contribution in [3.8, 4) is 0 Å². The molecule has 2 rings (SSSR count). The van der Waals surface area contributed by atoms with Gasteiger partial charge in [0, 0.05) is 23.8 Å². The van der Waals surface area contributed by atoms with Gasteiger partial charge in [0.15, 0.2) is 0 Å². The Hall–Kier alpha value is -0.440. The molecule has 84 valence electrons. The third-order valence-corrected chi connectivity index (χ3v) is 2.91. The highest BCUT2D eigenvalue weighted by Gasteiger charge is 2.18. The highest BCUT2D eigenvalue weighted by molar-refractivity contribution is 6.30. The molecule has 1 heterocycles. The first-order chi connectivity index (χ1) is 6.81. The summed E-state index contributed by atoms with van der Waals surface area (Å²) in [4.78, 5) is 2.37. The van der Waals surface area contributed by atoms with E-state index in [1.807, 2.05) is 6.07 Å². The van der Waals surface area contributed by atoms with Crippen molar-refractivity contribution < 1.29 is 0 Å². The van der Waals surface area contributed by atoms with Crippen molar-refractivity contribution in [3.63, 3.8) is 0 Å². The Morgan fingerprint density at radius 3 is 2.93 bits per heavy atom. The molecule has 0 saturated carbocycles. The largest absolute Gasteiger partial charge is 0.371 e. The molecule has 0 bridgehead atoms. The van der Waals surface area contributed by atoms with Gasteiger partial charge >= 0.3 is 0 Å². The van der Waals surface area contributed by atoms with E-state index in [1.165, 1.54) is 11.3 Å². The lowest BCUT2D eigenvalue weighted by Gasteiger charge is -2.18. The zero-order chi connectivity index (χ0) is 9.97. The van der Waals surface area contributed by atoms with Gasteiger partial charge in [-0.3, -0.25) is 0 Å². The molecule has 0 aromatic heterocycles. The second-order valence-corrected chi connectivity index (χ2v) is 4.09. The lowest BCUT2D eigenvalue weighted by atomic mass is 10.2. The van der Waals surface area contributed by atoms with Gasteiger partial charge in [-0.05, 0) is 37.1 Å². The van der Waals surface area contributed by atoms with Gasteiger partial charge in [-0.1, -0.05) is 17.7 Å². The van der Waals surface area contributed by atoms with Crippen LogP contribution in [0.25, 0.3) is 0 Å². The highest BCUT2D eigenvalue weighted by Crippen LogP contribution is 2.30. The van der Waals surface area contributed by atoms with Crippen LogP contribution in [0.15, 0.2) is 18.2 Å². The quantitative estimate of drug-likeness (QED) is 0.889. The molecule has 0 radical (unpaired) electrons. The topological polar surface area (TPSA) is 29.3 Å². The Kier molecular flexibility index (Phi) is 4.71. The first kappa shape index (κ1) is 12.6. The van der Waals surface area contributed by atoms with E-state index in [-0.39, 0.29) is 12.4 Å². The summed E-state index contributed by atoms with van der Waals surface area (Å²) in [7, 11) is 0. The van der Waals surface area contributed by atoms with Gasteiger partial charge in [0.1, 0.15) is 0 Å². The number of hydrogen-bond acceptors (Lipinski definition) is 2. The van der Waals surface area contributed by atoms with Crippen molar-refractivity contribution in [2.24, 2.45) is 5.73 Å². The number of rotatable bonds is 3. The molecular formula is C11H16Cl2N2. The molecule has 0 spiro atoms. The fourth-order valence-corrected chi connectivity index (χ4v) is 2.10. The van der Waals surface area contributed by atoms with Crippen molar-refractivity contribution in [2.75, 3.05) is 24.5 Å². The highest BCUT2D eigenvalue weighted by atomic mass is 35.5. The molecule has 1 aliphatic rings. The summed E-state index contributed by atoms with van der Waals surface area (Å²) < 4.78 is 0. The predicted molar refractivity (Wildman–Crippen MR) is 68.3 cm³/mol. The number of nitrogens with two attached hydrogens (primary N) is 1. The van der Waals surface area contributed by atoms with Crippen molar-refractivity contribution in [1.82, 2.24) is 0 Å². The van der Waals surface area contributed by atoms with Crippen LogP contribution in [0.2, 0.25) is 5.02 Å². The average molecular weight is 247 g/mol. The normalized spacial score (nSPS) is 13.6. The summed E-state index contributed by atoms with van der Waals surface area (Å²) in [6, 6.07) is 6.15. The van der Waals surface area contributed by atoms with Gasteiger partial charge in [0.2, 0.25) is 0 Å². The van der Waals surface area contributed by atoms with E-state index in [2.05, 4.69) is 17.0 Å². The fraction of sp³-hybridized carbons (Fsp3) is 0.455. The number of nitrogens with zero attached hydrogens (tertiary/aromatic N) is 1. The third-order valence-electron chi connectivity index (χ3n) is 2.67. The van der Waals surface area contributed by atoms with Crippen molar-refractivity contribution in [2.45, 2.75) is 12.8 Å². The van der Waals surface area contributed by atoms with Crippen LogP contribution in [0.3, 0.4) is 0 Å². The summed E-state index contributed by atoms with van der Waals surface area (Å²) in [6.45, 7) is 2.91. The maximum atomic E-state index is 5.97. The molecule has 0 amide bonds. The van der Waals surface area contributed by atoms with E-state index in [0.29, 0.717) is 0 Å². The molecule has 1 aromatic carbocycles. The molecule has 2 N–H and O–H groups in total. The predicted octanol–water partition coefficient (Wildman–Crippen LogP) is 2.47. The molecule has 1 aromatic rings. The maximum absolute atomic E-state index is 5.97. The second-order valence-electron chi connectivity index (χ2n) is 3.65. The van der Waals surface area contributed by atoms with Gasteiger partial charge in [0.05, 0.1) is 0 Å². The van der Waals surface area contributed by atoms with Gasteiger partial charge < -0.3 is 10.6 Å². The molecule has 1 aliphatic heterocycles. The first-order valence-electron chi connectivity index (χ1n) is 5.04. The number of hydrogen-bond donors (Lipinski definition) is 1. The summed E-state index contributed by atoms with van der Waals surface area (Å²) in [6.07, 6.45) is 2.18. The third kappa shape index (κ3) is 2.77. The van der Waals surface area contributed by atoms with Crippen LogP contribution in [0.4, 0.5) is 5.69 Å². The number of anilines is 1. The summed E-state index contributed by atoms with van der Waals surface area (Å²) in [5, 5.41) is 0.823. The Bertz CT molecular complexity index is 328. The van der Waals surface area contributed by atoms with E-state index in [0.717, 1.165) is 37.5 Å². The zero-order valence-corrected chi connectivity index (χ0v) is 10.2. The molecule has 0 atom stereocenters. The minimum Gasteiger partial charge on any atom is -0.371 e. The Balaban J connectivity index is 0.00000112. The van der Waals surface area contributed by atoms with Crippen LogP contribution < -0.4 is 10.6 Å². The van der Waals surface area contributed by atoms with Crippen LogP contribution in [-0.2, 0) is 6.42 Å². The van der Waals surface area contributed by atoms with E-state index in [1.54, 1.807) is 0 Å². The Morgan fingerprint density at radius 1 is 1.40 bits per heavy atom. The maximum Gasteiger partial charge on any atom is 0.0426 e. The standard InChI is InChI=1S/C11H15ClN2.ClH/c12-10-3-2-9-4-7-14(6-1-5-13)11(9)8-10;/h2-3,8H,1,4-7,13H2;1H. The fourth-order valence-electron chi connectivity index (χ4n) is 1.93. The number of benzene rings is 1. The lowest BCUT2D eigenvalue weighted by Crippen LogP contribution is -2.23. The van der Waals surface area contributed by atoms with Gasteiger partial charge in [0.25, 0.3) is 0 Å². The van der Waals surface area contributed by atoms with Gasteiger partial charge in [-0.25, -0.2) is 0 Å². The minimum atomic E-state index is 0. The van der Waals surface area contributed by atoms with Crippen LogP contribution in [0, 0.1) is 0 Å². The van der Waals surface area contributed by atoms with Crippen LogP contribution >= 0.6 is 24.0 Å². The second kappa shape index (κ2) is 5.59. The smallest absolute Gasteiger partial charge is 0.0426 e. The minimum absolute atomic E-state index is 0. The number of halogens is 2. The van der Waals surface area contributed by atoms with Crippen LogP contribution in [0.1, 0.15) is 12.0 Å². The molecule has 0 saturated heterocycles. The van der Waals surface area contributed by atoms with Crippen molar-refractivity contribution >= 4 is 29.7 Å². The zero-order valence-electron chi connectivity index (χ0n) is 8.58. The van der Waals surface area contributed by atoms with Gasteiger partial charge in [-0.2, -0.15) is 0 Å². The number of fused-ring (bicyclic) bond motifs is 1. The Labute approximate surface area is 102 Å². The molecule has 2 nitrogen and oxygen atoms in total. The van der Waals surface area contributed by atoms with Gasteiger partial charge in [-0.15, -0.1) is 12.4 Å². The first-order valence-corrected chi connectivity index (χ1v) is 5.42. The van der Waals surface area contributed by atoms with E-state index < -0.39 is 0 Å². The summed E-state index contributed by atoms with van der Waals surface area (Å²) in [5.41, 5.74) is 8.21.